The van der Waals surface area contributed by atoms with Gasteiger partial charge in [0.2, 0.25) is 6.43 Å². The minimum absolute atomic E-state index is 0.140. The molecule has 8 heteroatoms. The van der Waals surface area contributed by atoms with Crippen LogP contribution >= 0.6 is 0 Å². The number of hydrogen-bond acceptors (Lipinski definition) is 5. The molecule has 0 atom stereocenters. The molecule has 1 fully saturated rings. The number of fused-ring (bicyclic) bond motifs is 1. The van der Waals surface area contributed by atoms with E-state index in [1.807, 2.05) is 11.0 Å². The standard InChI is InChI=1S/C19H23F2N3O3/c1-27-15-9-13-8-14(19(26)22-4-7-25)11-23-17(13)16(10-15)24-5-2-12(3-6-24)18(20)21/h8-12,18,25H,2-7H2,1H3,(H,22,26). The summed E-state index contributed by atoms with van der Waals surface area (Å²) in [4.78, 5) is 18.6. The number of rotatable bonds is 6. The first-order chi connectivity index (χ1) is 13.0. The SMILES string of the molecule is COc1cc(N2CCC(C(F)F)CC2)c2ncc(C(=O)NCCO)cc2c1. The van der Waals surface area contributed by atoms with Crippen LogP contribution in [0, 0.1) is 5.92 Å². The molecular weight excluding hydrogens is 356 g/mol. The van der Waals surface area contributed by atoms with E-state index in [1.54, 1.807) is 19.2 Å². The number of pyridine rings is 1. The zero-order chi connectivity index (χ0) is 19.4. The van der Waals surface area contributed by atoms with Crippen molar-refractivity contribution in [2.24, 2.45) is 5.92 Å². The van der Waals surface area contributed by atoms with E-state index in [4.69, 9.17) is 9.84 Å². The molecule has 0 bridgehead atoms. The van der Waals surface area contributed by atoms with Gasteiger partial charge in [-0.15, -0.1) is 0 Å². The third kappa shape index (κ3) is 4.27. The fourth-order valence-corrected chi connectivity index (χ4v) is 3.35. The Balaban J connectivity index is 1.92. The summed E-state index contributed by atoms with van der Waals surface area (Å²) in [6, 6.07) is 5.36. The highest BCUT2D eigenvalue weighted by Crippen LogP contribution is 2.34. The number of methoxy groups -OCH3 is 1. The summed E-state index contributed by atoms with van der Waals surface area (Å²) >= 11 is 0. The number of amides is 1. The molecule has 0 radical (unpaired) electrons. The normalized spacial score (nSPS) is 15.4. The van der Waals surface area contributed by atoms with E-state index >= 15 is 0 Å². The summed E-state index contributed by atoms with van der Waals surface area (Å²) in [6.07, 6.45) is 0.0554. The molecule has 6 nitrogen and oxygen atoms in total. The van der Waals surface area contributed by atoms with Crippen molar-refractivity contribution in [1.82, 2.24) is 10.3 Å². The number of nitrogens with one attached hydrogen (secondary N) is 1. The second kappa shape index (κ2) is 8.47. The molecule has 1 aliphatic heterocycles. The first kappa shape index (κ1) is 19.3. The van der Waals surface area contributed by atoms with Gasteiger partial charge in [-0.2, -0.15) is 0 Å². The lowest BCUT2D eigenvalue weighted by atomic mass is 9.96. The van der Waals surface area contributed by atoms with E-state index < -0.39 is 12.3 Å². The van der Waals surface area contributed by atoms with Gasteiger partial charge in [0.1, 0.15) is 5.75 Å². The van der Waals surface area contributed by atoms with E-state index in [1.165, 1.54) is 6.20 Å². The van der Waals surface area contributed by atoms with Crippen molar-refractivity contribution in [3.63, 3.8) is 0 Å². The first-order valence-electron chi connectivity index (χ1n) is 8.93. The number of hydrogen-bond donors (Lipinski definition) is 2. The lowest BCUT2D eigenvalue weighted by Gasteiger charge is -2.33. The van der Waals surface area contributed by atoms with Crippen LogP contribution in [-0.4, -0.2) is 55.8 Å². The zero-order valence-corrected chi connectivity index (χ0v) is 15.1. The number of benzene rings is 1. The van der Waals surface area contributed by atoms with Gasteiger partial charge < -0.3 is 20.1 Å². The molecule has 1 aromatic heterocycles. The molecule has 27 heavy (non-hydrogen) atoms. The third-order valence-electron chi connectivity index (χ3n) is 4.87. The molecule has 2 aromatic rings. The molecule has 0 saturated carbocycles. The fourth-order valence-electron chi connectivity index (χ4n) is 3.35. The molecule has 146 valence electrons. The lowest BCUT2D eigenvalue weighted by molar-refractivity contribution is 0.0636. The van der Waals surface area contributed by atoms with E-state index in [2.05, 4.69) is 10.3 Å². The van der Waals surface area contributed by atoms with Crippen molar-refractivity contribution in [2.45, 2.75) is 19.3 Å². The summed E-state index contributed by atoms with van der Waals surface area (Å²) in [7, 11) is 1.55. The van der Waals surface area contributed by atoms with Crippen LogP contribution in [0.2, 0.25) is 0 Å². The van der Waals surface area contributed by atoms with Gasteiger partial charge >= 0.3 is 0 Å². The molecule has 1 amide bonds. The number of aliphatic hydroxyl groups excluding tert-OH is 1. The van der Waals surface area contributed by atoms with Crippen LogP contribution in [0.3, 0.4) is 0 Å². The molecule has 1 saturated heterocycles. The van der Waals surface area contributed by atoms with E-state index in [9.17, 15) is 13.6 Å². The molecule has 1 aliphatic rings. The number of piperidine rings is 1. The van der Waals surface area contributed by atoms with Gasteiger partial charge in [-0.05, 0) is 25.0 Å². The Morgan fingerprint density at radius 1 is 1.37 bits per heavy atom. The number of carbonyl (C=O) groups excluding carboxylic acids is 1. The Morgan fingerprint density at radius 3 is 2.74 bits per heavy atom. The Labute approximate surface area is 156 Å². The summed E-state index contributed by atoms with van der Waals surface area (Å²) in [5.74, 6) is -0.267. The Hall–Kier alpha value is -2.48. The third-order valence-corrected chi connectivity index (χ3v) is 4.87. The Kier molecular flexibility index (Phi) is 6.05. The van der Waals surface area contributed by atoms with Crippen molar-refractivity contribution >= 4 is 22.5 Å². The highest BCUT2D eigenvalue weighted by Gasteiger charge is 2.27. The molecule has 0 spiro atoms. The lowest BCUT2D eigenvalue weighted by Crippen LogP contribution is -2.36. The highest BCUT2D eigenvalue weighted by molar-refractivity contribution is 6.00. The van der Waals surface area contributed by atoms with E-state index in [0.717, 1.165) is 11.1 Å². The molecule has 0 aliphatic carbocycles. The molecule has 2 heterocycles. The average Bonchev–Trinajstić information content (AvgIpc) is 2.70. The van der Waals surface area contributed by atoms with Crippen LogP contribution in [0.4, 0.5) is 14.5 Å². The molecule has 3 rings (SSSR count). The van der Waals surface area contributed by atoms with Crippen molar-refractivity contribution in [3.8, 4) is 5.75 Å². The van der Waals surface area contributed by atoms with Gasteiger partial charge in [-0.1, -0.05) is 0 Å². The average molecular weight is 379 g/mol. The summed E-state index contributed by atoms with van der Waals surface area (Å²) in [5, 5.41) is 12.2. The van der Waals surface area contributed by atoms with Crippen LogP contribution in [-0.2, 0) is 0 Å². The van der Waals surface area contributed by atoms with Crippen molar-refractivity contribution in [1.29, 1.82) is 0 Å². The predicted molar refractivity (Wildman–Crippen MR) is 98.7 cm³/mol. The molecule has 1 aromatic carbocycles. The number of nitrogens with zero attached hydrogens (tertiary/aromatic N) is 2. The zero-order valence-electron chi connectivity index (χ0n) is 15.1. The second-order valence-electron chi connectivity index (χ2n) is 6.58. The molecule has 0 unspecified atom stereocenters. The van der Waals surface area contributed by atoms with Gasteiger partial charge in [-0.25, -0.2) is 8.78 Å². The Bertz CT molecular complexity index is 808. The minimum Gasteiger partial charge on any atom is -0.497 e. The first-order valence-corrected chi connectivity index (χ1v) is 8.93. The quantitative estimate of drug-likeness (QED) is 0.807. The largest absolute Gasteiger partial charge is 0.497 e. The number of aliphatic hydroxyl groups is 1. The minimum atomic E-state index is -2.28. The van der Waals surface area contributed by atoms with E-state index in [-0.39, 0.29) is 19.1 Å². The smallest absolute Gasteiger partial charge is 0.252 e. The number of aromatic nitrogens is 1. The van der Waals surface area contributed by atoms with Crippen molar-refractivity contribution in [3.05, 3.63) is 30.0 Å². The monoisotopic (exact) mass is 379 g/mol. The van der Waals surface area contributed by atoms with Crippen LogP contribution in [0.15, 0.2) is 24.4 Å². The van der Waals surface area contributed by atoms with Crippen LogP contribution in [0.25, 0.3) is 10.9 Å². The summed E-state index contributed by atoms with van der Waals surface area (Å²) in [5.41, 5.74) is 1.90. The molecular formula is C19H23F2N3O3. The van der Waals surface area contributed by atoms with Crippen LogP contribution in [0.1, 0.15) is 23.2 Å². The number of alkyl halides is 2. The maximum atomic E-state index is 12.9. The van der Waals surface area contributed by atoms with Gasteiger partial charge in [0.25, 0.3) is 5.91 Å². The second-order valence-corrected chi connectivity index (χ2v) is 6.58. The highest BCUT2D eigenvalue weighted by atomic mass is 19.3. The number of ether oxygens (including phenoxy) is 1. The van der Waals surface area contributed by atoms with Crippen LogP contribution in [0.5, 0.6) is 5.75 Å². The number of carbonyl (C=O) groups is 1. The number of anilines is 1. The van der Waals surface area contributed by atoms with Gasteiger partial charge in [-0.3, -0.25) is 9.78 Å². The molecule has 2 N–H and O–H groups in total. The van der Waals surface area contributed by atoms with Gasteiger partial charge in [0.05, 0.1) is 30.5 Å². The fraction of sp³-hybridized carbons (Fsp3) is 0.474. The predicted octanol–water partition coefficient (Wildman–Crippen LogP) is 2.45. The van der Waals surface area contributed by atoms with Gasteiger partial charge in [0.15, 0.2) is 0 Å². The summed E-state index contributed by atoms with van der Waals surface area (Å²) in [6.45, 7) is 1.08. The van der Waals surface area contributed by atoms with E-state index in [0.29, 0.717) is 42.8 Å². The maximum Gasteiger partial charge on any atom is 0.252 e. The maximum absolute atomic E-state index is 12.9. The summed E-state index contributed by atoms with van der Waals surface area (Å²) < 4.78 is 31.2. The van der Waals surface area contributed by atoms with Crippen LogP contribution < -0.4 is 15.0 Å². The van der Waals surface area contributed by atoms with Crippen molar-refractivity contribution < 1.29 is 23.4 Å². The Morgan fingerprint density at radius 2 is 2.11 bits per heavy atom. The topological polar surface area (TPSA) is 74.7 Å². The van der Waals surface area contributed by atoms with Gasteiger partial charge in [0, 0.05) is 43.2 Å². The van der Waals surface area contributed by atoms with Crippen molar-refractivity contribution in [2.75, 3.05) is 38.3 Å². The number of halogens is 2.